The average Bonchev–Trinajstić information content (AvgIpc) is 2.78. The Hall–Kier alpha value is -2.53. The molecular formula is C21H26N4O4S2. The number of benzene rings is 2. The van der Waals surface area contributed by atoms with Crippen molar-refractivity contribution in [2.24, 2.45) is 0 Å². The largest absolute Gasteiger partial charge is 0.379 e. The minimum absolute atomic E-state index is 0.0635. The highest BCUT2D eigenvalue weighted by atomic mass is 32.2. The number of ether oxygens (including phenoxy) is 1. The molecule has 0 bridgehead atoms. The van der Waals surface area contributed by atoms with Gasteiger partial charge in [-0.2, -0.15) is 4.31 Å². The van der Waals surface area contributed by atoms with Crippen molar-refractivity contribution in [3.63, 3.8) is 0 Å². The zero-order valence-corrected chi connectivity index (χ0v) is 19.1. The Morgan fingerprint density at radius 2 is 1.77 bits per heavy atom. The maximum atomic E-state index is 12.8. The number of hydrazine groups is 1. The van der Waals surface area contributed by atoms with Crippen molar-refractivity contribution in [1.82, 2.24) is 15.2 Å². The van der Waals surface area contributed by atoms with Gasteiger partial charge in [-0.3, -0.25) is 15.6 Å². The molecule has 1 fully saturated rings. The van der Waals surface area contributed by atoms with Crippen molar-refractivity contribution in [3.8, 4) is 0 Å². The lowest BCUT2D eigenvalue weighted by atomic mass is 10.0. The molecule has 1 aliphatic heterocycles. The molecule has 8 nitrogen and oxygen atoms in total. The summed E-state index contributed by atoms with van der Waals surface area (Å²) >= 11 is 5.27. The number of nitrogens with zero attached hydrogens (tertiary/aromatic N) is 1. The van der Waals surface area contributed by atoms with Crippen LogP contribution in [0.25, 0.3) is 0 Å². The second-order valence-electron chi connectivity index (χ2n) is 7.32. The van der Waals surface area contributed by atoms with E-state index in [1.807, 2.05) is 24.3 Å². The molecule has 3 rings (SSSR count). The Kier molecular flexibility index (Phi) is 7.60. The summed E-state index contributed by atoms with van der Waals surface area (Å²) in [5.41, 5.74) is 7.31. The number of morpholine rings is 1. The van der Waals surface area contributed by atoms with Gasteiger partial charge in [0.15, 0.2) is 5.11 Å². The van der Waals surface area contributed by atoms with E-state index in [0.29, 0.717) is 19.1 Å². The number of rotatable bonds is 5. The topological polar surface area (TPSA) is 99.8 Å². The highest BCUT2D eigenvalue weighted by Crippen LogP contribution is 2.23. The third-order valence-corrected chi connectivity index (χ3v) is 6.92. The fourth-order valence-electron chi connectivity index (χ4n) is 3.19. The number of thiocarbonyl (C=S) groups is 1. The van der Waals surface area contributed by atoms with E-state index in [-0.39, 0.29) is 28.7 Å². The molecule has 0 spiro atoms. The van der Waals surface area contributed by atoms with Gasteiger partial charge in [0.2, 0.25) is 10.0 Å². The molecule has 0 atom stereocenters. The zero-order valence-electron chi connectivity index (χ0n) is 17.4. The van der Waals surface area contributed by atoms with E-state index in [1.165, 1.54) is 22.5 Å². The average molecular weight is 463 g/mol. The Morgan fingerprint density at radius 1 is 1.06 bits per heavy atom. The summed E-state index contributed by atoms with van der Waals surface area (Å²) in [5.74, 6) is -0.197. The van der Waals surface area contributed by atoms with E-state index in [1.54, 1.807) is 6.07 Å². The van der Waals surface area contributed by atoms with Gasteiger partial charge in [-0.25, -0.2) is 8.42 Å². The lowest BCUT2D eigenvalue weighted by Gasteiger charge is -2.26. The van der Waals surface area contributed by atoms with Crippen molar-refractivity contribution >= 4 is 38.9 Å². The number of nitrogens with one attached hydrogen (secondary N) is 3. The quantitative estimate of drug-likeness (QED) is 0.464. The molecule has 0 aromatic heterocycles. The molecule has 0 aliphatic carbocycles. The molecular weight excluding hydrogens is 436 g/mol. The molecule has 1 heterocycles. The number of amides is 1. The third-order valence-electron chi connectivity index (χ3n) is 4.82. The standard InChI is InChI=1S/C21H26N4O4S2/c1-15(2)18-8-3-4-9-19(18)22-21(30)24-23-20(26)16-6-5-7-17(14-16)31(27,28)25-10-12-29-13-11-25/h3-9,14-15H,10-13H2,1-2H3,(H,23,26)(H2,22,24,30). The van der Waals surface area contributed by atoms with Gasteiger partial charge in [0.05, 0.1) is 18.1 Å². The van der Waals surface area contributed by atoms with E-state index in [4.69, 9.17) is 17.0 Å². The first-order valence-electron chi connectivity index (χ1n) is 9.93. The number of sulfonamides is 1. The smallest absolute Gasteiger partial charge is 0.269 e. The lowest BCUT2D eigenvalue weighted by molar-refractivity contribution is 0.0730. The maximum absolute atomic E-state index is 12.8. The van der Waals surface area contributed by atoms with Gasteiger partial charge in [0.25, 0.3) is 5.91 Å². The summed E-state index contributed by atoms with van der Waals surface area (Å²) in [7, 11) is -3.69. The molecule has 0 saturated carbocycles. The highest BCUT2D eigenvalue weighted by molar-refractivity contribution is 7.89. The summed E-state index contributed by atoms with van der Waals surface area (Å²) < 4.78 is 32.2. The fraction of sp³-hybridized carbons (Fsp3) is 0.333. The van der Waals surface area contributed by atoms with Crippen molar-refractivity contribution in [3.05, 3.63) is 59.7 Å². The first kappa shape index (κ1) is 23.1. The Labute approximate surface area is 188 Å². The number of hydrogen-bond acceptors (Lipinski definition) is 5. The summed E-state index contributed by atoms with van der Waals surface area (Å²) in [6.45, 7) is 5.45. The van der Waals surface area contributed by atoms with Crippen molar-refractivity contribution in [1.29, 1.82) is 0 Å². The SMILES string of the molecule is CC(C)c1ccccc1NC(=S)NNC(=O)c1cccc(S(=O)(=O)N2CCOCC2)c1. The normalized spacial score (nSPS) is 14.8. The number of carbonyl (C=O) groups is 1. The van der Waals surface area contributed by atoms with Crippen molar-refractivity contribution in [2.75, 3.05) is 31.6 Å². The van der Waals surface area contributed by atoms with Crippen LogP contribution in [-0.4, -0.2) is 50.0 Å². The first-order chi connectivity index (χ1) is 14.8. The summed E-state index contributed by atoms with van der Waals surface area (Å²) in [6, 6.07) is 13.7. The highest BCUT2D eigenvalue weighted by Gasteiger charge is 2.26. The van der Waals surface area contributed by atoms with Crippen LogP contribution in [0.1, 0.15) is 35.7 Å². The predicted octanol–water partition coefficient (Wildman–Crippen LogP) is 2.46. The van der Waals surface area contributed by atoms with Crippen LogP contribution >= 0.6 is 12.2 Å². The van der Waals surface area contributed by atoms with E-state index in [2.05, 4.69) is 30.0 Å². The molecule has 10 heteroatoms. The van der Waals surface area contributed by atoms with Crippen LogP contribution in [0.2, 0.25) is 0 Å². The Morgan fingerprint density at radius 3 is 2.48 bits per heavy atom. The maximum Gasteiger partial charge on any atom is 0.269 e. The predicted molar refractivity (Wildman–Crippen MR) is 123 cm³/mol. The summed E-state index contributed by atoms with van der Waals surface area (Å²) in [6.07, 6.45) is 0. The number of para-hydroxylation sites is 1. The summed E-state index contributed by atoms with van der Waals surface area (Å²) in [5, 5.41) is 3.29. The molecule has 1 amide bonds. The van der Waals surface area contributed by atoms with Gasteiger partial charge in [0, 0.05) is 24.3 Å². The Balaban J connectivity index is 1.64. The number of anilines is 1. The van der Waals surface area contributed by atoms with E-state index < -0.39 is 15.9 Å². The van der Waals surface area contributed by atoms with E-state index in [0.717, 1.165) is 11.3 Å². The summed E-state index contributed by atoms with van der Waals surface area (Å²) in [4.78, 5) is 12.6. The minimum Gasteiger partial charge on any atom is -0.379 e. The van der Waals surface area contributed by atoms with Gasteiger partial charge < -0.3 is 10.1 Å². The van der Waals surface area contributed by atoms with Crippen LogP contribution in [-0.2, 0) is 14.8 Å². The molecule has 3 N–H and O–H groups in total. The number of carbonyl (C=O) groups excluding carboxylic acids is 1. The van der Waals surface area contributed by atoms with Crippen LogP contribution in [0.15, 0.2) is 53.4 Å². The third kappa shape index (κ3) is 5.79. The fourth-order valence-corrected chi connectivity index (χ4v) is 4.80. The van der Waals surface area contributed by atoms with Crippen LogP contribution < -0.4 is 16.2 Å². The second-order valence-corrected chi connectivity index (χ2v) is 9.67. The molecule has 166 valence electrons. The van der Waals surface area contributed by atoms with Crippen LogP contribution in [0, 0.1) is 0 Å². The minimum atomic E-state index is -3.69. The zero-order chi connectivity index (χ0) is 22.4. The Bertz CT molecular complexity index is 1050. The first-order valence-corrected chi connectivity index (χ1v) is 11.8. The van der Waals surface area contributed by atoms with Gasteiger partial charge in [-0.15, -0.1) is 0 Å². The van der Waals surface area contributed by atoms with Crippen LogP contribution in [0.5, 0.6) is 0 Å². The monoisotopic (exact) mass is 462 g/mol. The second kappa shape index (κ2) is 10.2. The molecule has 0 radical (unpaired) electrons. The van der Waals surface area contributed by atoms with Crippen molar-refractivity contribution < 1.29 is 17.9 Å². The number of hydrogen-bond donors (Lipinski definition) is 3. The van der Waals surface area contributed by atoms with Gasteiger partial charge in [0.1, 0.15) is 0 Å². The molecule has 1 aliphatic rings. The van der Waals surface area contributed by atoms with Gasteiger partial charge in [-0.1, -0.05) is 38.1 Å². The molecule has 2 aromatic carbocycles. The lowest BCUT2D eigenvalue weighted by Crippen LogP contribution is -2.44. The molecule has 0 unspecified atom stereocenters. The molecule has 31 heavy (non-hydrogen) atoms. The van der Waals surface area contributed by atoms with Gasteiger partial charge in [-0.05, 0) is 48.0 Å². The van der Waals surface area contributed by atoms with Crippen LogP contribution in [0.3, 0.4) is 0 Å². The molecule has 2 aromatic rings. The van der Waals surface area contributed by atoms with Crippen molar-refractivity contribution in [2.45, 2.75) is 24.7 Å². The van der Waals surface area contributed by atoms with E-state index >= 15 is 0 Å². The molecule has 1 saturated heterocycles. The van der Waals surface area contributed by atoms with Gasteiger partial charge >= 0.3 is 0 Å². The van der Waals surface area contributed by atoms with E-state index in [9.17, 15) is 13.2 Å². The van der Waals surface area contributed by atoms with Crippen LogP contribution in [0.4, 0.5) is 5.69 Å².